The normalized spacial score (nSPS) is 12.3. The maximum Gasteiger partial charge on any atom is 1.00 e. The van der Waals surface area contributed by atoms with Gasteiger partial charge in [-0.25, -0.2) is 4.21 Å². The van der Waals surface area contributed by atoms with Crippen molar-refractivity contribution in [3.05, 3.63) is 0 Å². The summed E-state index contributed by atoms with van der Waals surface area (Å²) in [6.45, 7) is 0. The van der Waals surface area contributed by atoms with Gasteiger partial charge in [-0.05, 0) is 0 Å². The van der Waals surface area contributed by atoms with Crippen molar-refractivity contribution in [2.45, 2.75) is 0 Å². The quantitative estimate of drug-likeness (QED) is 0.156. The zero-order valence-electron chi connectivity index (χ0n) is 3.04. The molecule has 0 N–H and O–H groups in total. The Morgan fingerprint density at radius 3 is 1.83 bits per heavy atom. The van der Waals surface area contributed by atoms with E-state index in [1.54, 1.807) is 0 Å². The van der Waals surface area contributed by atoms with Gasteiger partial charge >= 0.3 is 51.4 Å². The molecule has 0 aliphatic carbocycles. The van der Waals surface area contributed by atoms with Gasteiger partial charge in [0.05, 0.1) is 11.4 Å². The minimum Gasteiger partial charge on any atom is -0.750 e. The van der Waals surface area contributed by atoms with Crippen LogP contribution >= 0.6 is 0 Å². The van der Waals surface area contributed by atoms with Gasteiger partial charge < -0.3 is 14.1 Å². The molecule has 0 aromatic carbocycles. The van der Waals surface area contributed by atoms with Crippen LogP contribution in [0.2, 0.25) is 0 Å². The van der Waals surface area contributed by atoms with Crippen LogP contribution in [0.1, 0.15) is 0 Å². The molecular weight excluding hydrogens is 135 g/mol. The second kappa shape index (κ2) is 6.67. The van der Waals surface area contributed by atoms with Crippen molar-refractivity contribution in [1.82, 2.24) is 0 Å². The van der Waals surface area contributed by atoms with Crippen LogP contribution < -0.4 is 56.6 Å². The zero-order valence-corrected chi connectivity index (χ0v) is 6.98. The Labute approximate surface area is 79.7 Å². The van der Waals surface area contributed by atoms with E-state index in [1.165, 1.54) is 0 Å². The molecule has 0 spiro atoms. The molecule has 0 saturated carbocycles. The maximum absolute atomic E-state index is 8.83. The largest absolute Gasteiger partial charge is 1.00 e. The van der Waals surface area contributed by atoms with Gasteiger partial charge in [0.25, 0.3) is 0 Å². The van der Waals surface area contributed by atoms with Crippen LogP contribution in [0.5, 0.6) is 0 Å². The molecule has 0 fully saturated rings. The number of rotatable bonds is 1. The fraction of sp³-hybridized carbons (Fsp3) is 0. The molecular formula is KO4S-. The zero-order chi connectivity index (χ0) is 4.28. The van der Waals surface area contributed by atoms with Gasteiger partial charge in [-0.3, -0.25) is 0 Å². The van der Waals surface area contributed by atoms with Gasteiger partial charge in [-0.1, -0.05) is 0 Å². The van der Waals surface area contributed by atoms with Crippen molar-refractivity contribution in [2.24, 2.45) is 0 Å². The van der Waals surface area contributed by atoms with E-state index in [1.807, 2.05) is 0 Å². The summed E-state index contributed by atoms with van der Waals surface area (Å²) >= 11 is -2.88. The number of hydrogen-bond donors (Lipinski definition) is 0. The second-order valence-electron chi connectivity index (χ2n) is 0.272. The first kappa shape index (κ1) is 10.6. The Balaban J connectivity index is 0. The van der Waals surface area contributed by atoms with E-state index in [0.29, 0.717) is 0 Å². The molecule has 6 heteroatoms. The summed E-state index contributed by atoms with van der Waals surface area (Å²) < 4.78 is 20.1. The molecule has 1 unspecified atom stereocenters. The van der Waals surface area contributed by atoms with Crippen LogP contribution in [-0.4, -0.2) is 8.76 Å². The van der Waals surface area contributed by atoms with Gasteiger partial charge in [0.15, 0.2) is 0 Å². The first-order chi connectivity index (χ1) is 2.27. The summed E-state index contributed by atoms with van der Waals surface area (Å²) in [6, 6.07) is 0. The molecule has 0 radical (unpaired) electrons. The summed E-state index contributed by atoms with van der Waals surface area (Å²) in [6.07, 6.45) is 0. The van der Waals surface area contributed by atoms with E-state index in [-0.39, 0.29) is 51.4 Å². The molecule has 0 heterocycles. The van der Waals surface area contributed by atoms with E-state index < -0.39 is 11.4 Å². The van der Waals surface area contributed by atoms with Gasteiger partial charge in [0.1, 0.15) is 0 Å². The third-order valence-electron chi connectivity index (χ3n) is 0.0556. The standard InChI is InChI=1S/K.H2O4S/c;1-4-5(2)3/h;1H,(H,2,3)/q+1;/p-2. The summed E-state index contributed by atoms with van der Waals surface area (Å²) in [4.78, 5) is 0. The molecule has 0 bridgehead atoms. The van der Waals surface area contributed by atoms with Crippen LogP contribution in [0.4, 0.5) is 0 Å². The predicted molar refractivity (Wildman–Crippen MR) is 10.0 cm³/mol. The van der Waals surface area contributed by atoms with Crippen molar-refractivity contribution in [3.8, 4) is 0 Å². The van der Waals surface area contributed by atoms with Crippen molar-refractivity contribution in [3.63, 3.8) is 0 Å². The fourth-order valence-electron chi connectivity index (χ4n) is 0. The van der Waals surface area contributed by atoms with E-state index >= 15 is 0 Å². The van der Waals surface area contributed by atoms with Gasteiger partial charge in [0, 0.05) is 0 Å². The molecule has 0 aromatic heterocycles. The average Bonchev–Trinajstić information content (AvgIpc) is 1.38. The van der Waals surface area contributed by atoms with E-state index in [0.717, 1.165) is 0 Å². The van der Waals surface area contributed by atoms with E-state index in [9.17, 15) is 0 Å². The van der Waals surface area contributed by atoms with Crippen LogP contribution in [-0.2, 0) is 15.7 Å². The monoisotopic (exact) mass is 135 g/mol. The molecule has 0 saturated heterocycles. The molecule has 0 aliphatic rings. The summed E-state index contributed by atoms with van der Waals surface area (Å²) in [7, 11) is 0. The Hall–Kier alpha value is 1.67. The van der Waals surface area contributed by atoms with Crippen LogP contribution in [0.3, 0.4) is 0 Å². The second-order valence-corrected chi connectivity index (χ2v) is 0.816. The van der Waals surface area contributed by atoms with Crippen molar-refractivity contribution >= 4 is 11.4 Å². The molecule has 0 rings (SSSR count). The maximum atomic E-state index is 8.83. The predicted octanol–water partition coefficient (Wildman–Crippen LogP) is -4.92. The van der Waals surface area contributed by atoms with E-state index in [2.05, 4.69) is 4.33 Å². The summed E-state index contributed by atoms with van der Waals surface area (Å²) in [5.41, 5.74) is 0. The minimum absolute atomic E-state index is 0. The molecule has 1 atom stereocenters. The van der Waals surface area contributed by atoms with Crippen LogP contribution in [0, 0.1) is 0 Å². The summed E-state index contributed by atoms with van der Waals surface area (Å²) in [5.74, 6) is 0. The van der Waals surface area contributed by atoms with E-state index in [4.69, 9.17) is 14.0 Å². The van der Waals surface area contributed by atoms with Gasteiger partial charge in [-0.2, -0.15) is 0 Å². The fourth-order valence-corrected chi connectivity index (χ4v) is 0. The third kappa shape index (κ3) is 9.18. The Morgan fingerprint density at radius 2 is 1.83 bits per heavy atom. The Morgan fingerprint density at radius 1 is 1.67 bits per heavy atom. The molecule has 0 aromatic rings. The molecule has 0 amide bonds. The third-order valence-corrected chi connectivity index (χ3v) is 0.167. The number of hydrogen-bond acceptors (Lipinski definition) is 4. The van der Waals surface area contributed by atoms with Gasteiger partial charge in [-0.15, -0.1) is 0 Å². The minimum atomic E-state index is -2.88. The summed E-state index contributed by atoms with van der Waals surface area (Å²) in [5, 5.41) is 8.52. The van der Waals surface area contributed by atoms with Crippen molar-refractivity contribution < 1.29 is 69.7 Å². The molecule has 32 valence electrons. The first-order valence-electron chi connectivity index (χ1n) is 0.667. The molecule has 6 heavy (non-hydrogen) atoms. The molecule has 0 aliphatic heterocycles. The Bertz CT molecular complexity index is 42.8. The smallest absolute Gasteiger partial charge is 0.750 e. The first-order valence-corrected chi connectivity index (χ1v) is 1.67. The van der Waals surface area contributed by atoms with Gasteiger partial charge in [0.2, 0.25) is 0 Å². The Kier molecular flexibility index (Phi) is 11.8. The van der Waals surface area contributed by atoms with Crippen molar-refractivity contribution in [2.75, 3.05) is 0 Å². The molecule has 4 nitrogen and oxygen atoms in total. The topological polar surface area (TPSA) is 72.4 Å². The van der Waals surface area contributed by atoms with Crippen LogP contribution in [0.15, 0.2) is 0 Å². The SMILES string of the molecule is O=S([O-])O[O-].[K+]. The van der Waals surface area contributed by atoms with Crippen LogP contribution in [0.25, 0.3) is 0 Å². The van der Waals surface area contributed by atoms with Crippen molar-refractivity contribution in [1.29, 1.82) is 0 Å². The average molecular weight is 135 g/mol.